The van der Waals surface area contributed by atoms with Gasteiger partial charge in [0.25, 0.3) is 5.91 Å². The van der Waals surface area contributed by atoms with Crippen LogP contribution in [0.1, 0.15) is 34.0 Å². The molecule has 5 rings (SSSR count). The summed E-state index contributed by atoms with van der Waals surface area (Å²) in [6.45, 7) is 0.813. The molecule has 0 saturated carbocycles. The van der Waals surface area contributed by atoms with E-state index in [2.05, 4.69) is 4.98 Å². The summed E-state index contributed by atoms with van der Waals surface area (Å²) in [5.41, 5.74) is 0.0465. The first-order valence-corrected chi connectivity index (χ1v) is 10.9. The molecule has 4 aromatic rings. The van der Waals surface area contributed by atoms with Crippen LogP contribution in [0.25, 0.3) is 16.8 Å². The van der Waals surface area contributed by atoms with E-state index in [1.807, 2.05) is 24.3 Å². The number of methoxy groups -OCH3 is 1. The SMILES string of the molecule is COc1ccccc1C1CCN(C(=O)c2nc3c(C(F)(F)F)cc(-c4ccoc4)cn3c2Cl)C1. The Hall–Kier alpha value is -3.46. The van der Waals surface area contributed by atoms with E-state index in [1.165, 1.54) is 18.7 Å². The average molecular weight is 490 g/mol. The lowest BCUT2D eigenvalue weighted by molar-refractivity contribution is -0.136. The molecule has 10 heteroatoms. The van der Waals surface area contributed by atoms with E-state index in [1.54, 1.807) is 18.1 Å². The van der Waals surface area contributed by atoms with Crippen LogP contribution in [-0.2, 0) is 6.18 Å². The minimum atomic E-state index is -4.70. The third kappa shape index (κ3) is 3.79. The fraction of sp³-hybridized carbons (Fsp3) is 0.250. The molecule has 0 aliphatic carbocycles. The van der Waals surface area contributed by atoms with Crippen molar-refractivity contribution in [3.8, 4) is 16.9 Å². The molecule has 0 spiro atoms. The molecule has 1 amide bonds. The number of alkyl halides is 3. The summed E-state index contributed by atoms with van der Waals surface area (Å²) >= 11 is 6.43. The molecule has 1 atom stereocenters. The molecule has 1 aliphatic heterocycles. The quantitative estimate of drug-likeness (QED) is 0.358. The molecule has 0 radical (unpaired) electrons. The lowest BCUT2D eigenvalue weighted by atomic mass is 9.97. The standard InChI is InChI=1S/C24H19ClF3N3O3/c1-33-19-5-3-2-4-17(19)14-6-8-30(11-14)23(32)20-21(25)31-12-16(15-7-9-34-13-15)10-18(22(31)29-20)24(26,27)28/h2-5,7,9-10,12-14H,6,8,11H2,1H3. The van der Waals surface area contributed by atoms with E-state index in [-0.39, 0.29) is 22.3 Å². The number of hydrogen-bond acceptors (Lipinski definition) is 4. The third-order valence-electron chi connectivity index (χ3n) is 6.08. The third-order valence-corrected chi connectivity index (χ3v) is 6.44. The van der Waals surface area contributed by atoms with Crippen molar-refractivity contribution in [1.82, 2.24) is 14.3 Å². The van der Waals surface area contributed by atoms with E-state index >= 15 is 0 Å². The number of halogens is 4. The Morgan fingerprint density at radius 1 is 1.24 bits per heavy atom. The number of carbonyl (C=O) groups excluding carboxylic acids is 1. The van der Waals surface area contributed by atoms with Crippen LogP contribution in [0.2, 0.25) is 5.15 Å². The van der Waals surface area contributed by atoms with Crippen LogP contribution in [0.5, 0.6) is 5.75 Å². The predicted molar refractivity (Wildman–Crippen MR) is 119 cm³/mol. The molecule has 0 bridgehead atoms. The van der Waals surface area contributed by atoms with Crippen LogP contribution in [-0.4, -0.2) is 40.4 Å². The minimum absolute atomic E-state index is 0.0364. The number of para-hydroxylation sites is 1. The summed E-state index contributed by atoms with van der Waals surface area (Å²) < 4.78 is 53.1. The van der Waals surface area contributed by atoms with Crippen LogP contribution in [0.15, 0.2) is 59.5 Å². The zero-order valence-electron chi connectivity index (χ0n) is 18.0. The predicted octanol–water partition coefficient (Wildman–Crippen LogP) is 5.90. The van der Waals surface area contributed by atoms with Crippen LogP contribution in [0.4, 0.5) is 13.2 Å². The number of imidazole rings is 1. The highest BCUT2D eigenvalue weighted by Gasteiger charge is 2.37. The molecule has 3 aromatic heterocycles. The maximum absolute atomic E-state index is 13.9. The highest BCUT2D eigenvalue weighted by atomic mass is 35.5. The number of pyridine rings is 1. The molecular formula is C24H19ClF3N3O3. The molecule has 6 nitrogen and oxygen atoms in total. The summed E-state index contributed by atoms with van der Waals surface area (Å²) in [6, 6.07) is 10.1. The lowest BCUT2D eigenvalue weighted by Crippen LogP contribution is -2.29. The molecule has 0 N–H and O–H groups in total. The van der Waals surface area contributed by atoms with E-state index in [9.17, 15) is 18.0 Å². The Bertz CT molecular complexity index is 1370. The first kappa shape index (κ1) is 22.3. The number of rotatable bonds is 4. The van der Waals surface area contributed by atoms with Gasteiger partial charge in [-0.3, -0.25) is 9.20 Å². The van der Waals surface area contributed by atoms with Crippen molar-refractivity contribution >= 4 is 23.2 Å². The average Bonchev–Trinajstić information content (AvgIpc) is 3.58. The zero-order chi connectivity index (χ0) is 24.0. The van der Waals surface area contributed by atoms with Crippen molar-refractivity contribution in [3.05, 3.63) is 77.1 Å². The van der Waals surface area contributed by atoms with E-state index in [4.69, 9.17) is 20.8 Å². The van der Waals surface area contributed by atoms with Gasteiger partial charge in [0.15, 0.2) is 11.3 Å². The number of furan rings is 1. The van der Waals surface area contributed by atoms with Gasteiger partial charge in [0.05, 0.1) is 25.2 Å². The van der Waals surface area contributed by atoms with Crippen molar-refractivity contribution in [3.63, 3.8) is 0 Å². The smallest absolute Gasteiger partial charge is 0.420 e. The van der Waals surface area contributed by atoms with Crippen LogP contribution in [0.3, 0.4) is 0 Å². The molecule has 176 valence electrons. The van der Waals surface area contributed by atoms with Gasteiger partial charge in [0, 0.05) is 36.3 Å². The molecule has 1 fully saturated rings. The zero-order valence-corrected chi connectivity index (χ0v) is 18.7. The van der Waals surface area contributed by atoms with Gasteiger partial charge < -0.3 is 14.1 Å². The molecular weight excluding hydrogens is 471 g/mol. The van der Waals surface area contributed by atoms with Crippen LogP contribution in [0, 0.1) is 0 Å². The lowest BCUT2D eigenvalue weighted by Gasteiger charge is -2.17. The normalized spacial score (nSPS) is 16.4. The van der Waals surface area contributed by atoms with Gasteiger partial charge in [-0.05, 0) is 30.2 Å². The second-order valence-corrected chi connectivity index (χ2v) is 8.43. The topological polar surface area (TPSA) is 60.0 Å². The van der Waals surface area contributed by atoms with Gasteiger partial charge in [0.1, 0.15) is 10.9 Å². The van der Waals surface area contributed by atoms with Gasteiger partial charge >= 0.3 is 6.18 Å². The number of likely N-dealkylation sites (tertiary alicyclic amines) is 1. The van der Waals surface area contributed by atoms with Crippen LogP contribution < -0.4 is 4.74 Å². The van der Waals surface area contributed by atoms with Crippen molar-refractivity contribution in [1.29, 1.82) is 0 Å². The molecule has 1 aliphatic rings. The van der Waals surface area contributed by atoms with E-state index in [0.717, 1.165) is 21.8 Å². The minimum Gasteiger partial charge on any atom is -0.496 e. The first-order chi connectivity index (χ1) is 16.3. The second kappa shape index (κ2) is 8.39. The molecule has 1 aromatic carbocycles. The number of fused-ring (bicyclic) bond motifs is 1. The highest BCUT2D eigenvalue weighted by Crippen LogP contribution is 2.38. The summed E-state index contributed by atoms with van der Waals surface area (Å²) in [5, 5.41) is -0.170. The van der Waals surface area contributed by atoms with Crippen molar-refractivity contribution in [2.24, 2.45) is 0 Å². The van der Waals surface area contributed by atoms with Crippen molar-refractivity contribution < 1.29 is 27.1 Å². The van der Waals surface area contributed by atoms with Crippen LogP contribution >= 0.6 is 11.6 Å². The fourth-order valence-electron chi connectivity index (χ4n) is 4.40. The maximum Gasteiger partial charge on any atom is 0.420 e. The molecule has 1 unspecified atom stereocenters. The Morgan fingerprint density at radius 3 is 2.74 bits per heavy atom. The van der Waals surface area contributed by atoms with Crippen molar-refractivity contribution in [2.75, 3.05) is 20.2 Å². The number of nitrogens with zero attached hydrogens (tertiary/aromatic N) is 3. The number of carbonyl (C=O) groups is 1. The van der Waals surface area contributed by atoms with Gasteiger partial charge in [-0.25, -0.2) is 4.98 Å². The van der Waals surface area contributed by atoms with Gasteiger partial charge in [-0.2, -0.15) is 13.2 Å². The summed E-state index contributed by atoms with van der Waals surface area (Å²) in [4.78, 5) is 18.9. The summed E-state index contributed by atoms with van der Waals surface area (Å²) in [5.74, 6) is 0.257. The number of hydrogen-bond donors (Lipinski definition) is 0. The number of aromatic nitrogens is 2. The summed E-state index contributed by atoms with van der Waals surface area (Å²) in [7, 11) is 1.59. The van der Waals surface area contributed by atoms with E-state index in [0.29, 0.717) is 25.1 Å². The fourth-order valence-corrected chi connectivity index (χ4v) is 4.65. The molecule has 1 saturated heterocycles. The largest absolute Gasteiger partial charge is 0.496 e. The van der Waals surface area contributed by atoms with Crippen molar-refractivity contribution in [2.45, 2.75) is 18.5 Å². The monoisotopic (exact) mass is 489 g/mol. The Kier molecular flexibility index (Phi) is 5.51. The van der Waals surface area contributed by atoms with Gasteiger partial charge in [-0.1, -0.05) is 29.8 Å². The Balaban J connectivity index is 1.52. The number of benzene rings is 1. The van der Waals surface area contributed by atoms with Gasteiger partial charge in [0.2, 0.25) is 0 Å². The number of ether oxygens (including phenoxy) is 1. The highest BCUT2D eigenvalue weighted by molar-refractivity contribution is 6.33. The molecule has 4 heterocycles. The second-order valence-electron chi connectivity index (χ2n) is 8.08. The Morgan fingerprint density at radius 2 is 2.03 bits per heavy atom. The number of amides is 1. The van der Waals surface area contributed by atoms with E-state index < -0.39 is 23.3 Å². The van der Waals surface area contributed by atoms with Gasteiger partial charge in [-0.15, -0.1) is 0 Å². The Labute approximate surface area is 197 Å². The molecule has 34 heavy (non-hydrogen) atoms. The maximum atomic E-state index is 13.9. The summed E-state index contributed by atoms with van der Waals surface area (Å²) in [6.07, 6.45) is 0.112. The first-order valence-electron chi connectivity index (χ1n) is 10.5.